The second-order valence-corrected chi connectivity index (χ2v) is 4.15. The van der Waals surface area contributed by atoms with Crippen LogP contribution in [0.4, 0.5) is 0 Å². The van der Waals surface area contributed by atoms with E-state index in [4.69, 9.17) is 28.5 Å². The minimum absolute atomic E-state index is 0.0701. The second-order valence-electron chi connectivity index (χ2n) is 3.30. The van der Waals surface area contributed by atoms with Gasteiger partial charge >= 0.3 is 5.97 Å². The average molecular weight is 286 g/mol. The van der Waals surface area contributed by atoms with E-state index in [2.05, 4.69) is 4.74 Å². The van der Waals surface area contributed by atoms with E-state index in [0.29, 0.717) is 5.02 Å². The molecule has 94 valence electrons. The Kier molecular flexibility index (Phi) is 5.14. The third-order valence-electron chi connectivity index (χ3n) is 2.11. The molecule has 0 aromatic heterocycles. The molecule has 1 rings (SSSR count). The molecule has 4 nitrogen and oxygen atoms in total. The zero-order chi connectivity index (χ0) is 13.7. The maximum atomic E-state index is 12.0. The Balaban J connectivity index is 3.05. The van der Waals surface area contributed by atoms with Crippen LogP contribution in [-0.2, 0) is 9.53 Å². The van der Waals surface area contributed by atoms with E-state index in [-0.39, 0.29) is 17.2 Å². The van der Waals surface area contributed by atoms with Crippen molar-refractivity contribution in [1.82, 2.24) is 0 Å². The molecule has 1 aromatic carbocycles. The predicted molar refractivity (Wildman–Crippen MR) is 66.5 cm³/mol. The van der Waals surface area contributed by atoms with E-state index in [1.54, 1.807) is 13.0 Å². The number of carbonyl (C=O) groups excluding carboxylic acids is 2. The Bertz CT molecular complexity index is 523. The van der Waals surface area contributed by atoms with Crippen LogP contribution in [0.3, 0.4) is 0 Å². The van der Waals surface area contributed by atoms with Crippen LogP contribution in [0.5, 0.6) is 0 Å². The summed E-state index contributed by atoms with van der Waals surface area (Å²) < 4.78 is 4.65. The zero-order valence-corrected chi connectivity index (χ0v) is 11.0. The molecule has 0 fully saturated rings. The smallest absolute Gasteiger partial charge is 0.331 e. The number of nitrogens with zero attached hydrogens (tertiary/aromatic N) is 1. The monoisotopic (exact) mass is 285 g/mol. The molecule has 6 heteroatoms. The van der Waals surface area contributed by atoms with Gasteiger partial charge in [0.25, 0.3) is 0 Å². The molecule has 0 N–H and O–H groups in total. The van der Waals surface area contributed by atoms with Crippen molar-refractivity contribution in [1.29, 1.82) is 5.26 Å². The number of Topliss-reactive ketones (excluding diaryl/α,β-unsaturated/α-hetero) is 1. The summed E-state index contributed by atoms with van der Waals surface area (Å²) in [6.07, 6.45) is 0. The first-order valence-corrected chi connectivity index (χ1v) is 5.82. The van der Waals surface area contributed by atoms with Crippen LogP contribution in [0.15, 0.2) is 18.2 Å². The number of esters is 1. The van der Waals surface area contributed by atoms with Crippen molar-refractivity contribution >= 4 is 35.0 Å². The molecular weight excluding hydrogens is 277 g/mol. The summed E-state index contributed by atoms with van der Waals surface area (Å²) in [5, 5.41) is 9.32. The largest absolute Gasteiger partial charge is 0.465 e. The van der Waals surface area contributed by atoms with Gasteiger partial charge in [-0.15, -0.1) is 0 Å². The number of halogens is 2. The van der Waals surface area contributed by atoms with E-state index in [1.165, 1.54) is 18.2 Å². The van der Waals surface area contributed by atoms with E-state index in [1.807, 2.05) is 0 Å². The van der Waals surface area contributed by atoms with Crippen molar-refractivity contribution in [2.24, 2.45) is 5.92 Å². The Morgan fingerprint density at radius 2 is 2.11 bits per heavy atom. The van der Waals surface area contributed by atoms with Crippen LogP contribution < -0.4 is 0 Å². The maximum absolute atomic E-state index is 12.0. The molecule has 0 aliphatic carbocycles. The molecule has 1 aromatic rings. The van der Waals surface area contributed by atoms with Crippen molar-refractivity contribution in [3.63, 3.8) is 0 Å². The summed E-state index contributed by atoms with van der Waals surface area (Å²) in [7, 11) is 0. The molecule has 0 saturated heterocycles. The van der Waals surface area contributed by atoms with Crippen molar-refractivity contribution in [3.05, 3.63) is 33.8 Å². The summed E-state index contributed by atoms with van der Waals surface area (Å²) in [5.41, 5.74) is 0.0701. The first-order valence-electron chi connectivity index (χ1n) is 5.06. The van der Waals surface area contributed by atoms with E-state index < -0.39 is 17.7 Å². The van der Waals surface area contributed by atoms with Crippen LogP contribution >= 0.6 is 23.2 Å². The fraction of sp³-hybridized carbons (Fsp3) is 0.250. The normalized spacial score (nSPS) is 11.4. The molecule has 0 saturated carbocycles. The van der Waals surface area contributed by atoms with Gasteiger partial charge in [-0.2, -0.15) is 5.26 Å². The SMILES string of the molecule is CCOC(=O)[C@H](C#N)C(=O)c1ccc(Cl)cc1Cl. The summed E-state index contributed by atoms with van der Waals surface area (Å²) in [5.74, 6) is -3.09. The van der Waals surface area contributed by atoms with E-state index in [9.17, 15) is 9.59 Å². The fourth-order valence-electron chi connectivity index (χ4n) is 1.29. The van der Waals surface area contributed by atoms with Crippen LogP contribution in [0.25, 0.3) is 0 Å². The molecule has 0 aliphatic heterocycles. The summed E-state index contributed by atoms with van der Waals surface area (Å²) >= 11 is 11.5. The first-order chi connectivity index (χ1) is 8.51. The molecule has 0 aliphatic rings. The molecule has 0 unspecified atom stereocenters. The Labute approximate surface area is 114 Å². The topological polar surface area (TPSA) is 67.2 Å². The van der Waals surface area contributed by atoms with Crippen LogP contribution in [0, 0.1) is 17.2 Å². The van der Waals surface area contributed by atoms with Gasteiger partial charge in [0.1, 0.15) is 0 Å². The third-order valence-corrected chi connectivity index (χ3v) is 2.66. The first kappa shape index (κ1) is 14.5. The number of rotatable bonds is 4. The summed E-state index contributed by atoms with van der Waals surface area (Å²) in [4.78, 5) is 23.4. The van der Waals surface area contributed by atoms with Crippen molar-refractivity contribution < 1.29 is 14.3 Å². The second kappa shape index (κ2) is 6.39. The molecular formula is C12H9Cl2NO3. The van der Waals surface area contributed by atoms with Gasteiger partial charge in [0.05, 0.1) is 17.7 Å². The number of nitriles is 1. The maximum Gasteiger partial charge on any atom is 0.331 e. The lowest BCUT2D eigenvalue weighted by atomic mass is 9.99. The van der Waals surface area contributed by atoms with Crippen molar-refractivity contribution in [3.8, 4) is 6.07 Å². The number of ketones is 1. The highest BCUT2D eigenvalue weighted by atomic mass is 35.5. The Hall–Kier alpha value is -1.57. The Morgan fingerprint density at radius 3 is 2.61 bits per heavy atom. The molecule has 0 bridgehead atoms. The van der Waals surface area contributed by atoms with Gasteiger partial charge in [0.15, 0.2) is 5.78 Å². The highest BCUT2D eigenvalue weighted by Gasteiger charge is 2.30. The molecule has 1 atom stereocenters. The van der Waals surface area contributed by atoms with Crippen LogP contribution in [-0.4, -0.2) is 18.4 Å². The molecule has 18 heavy (non-hydrogen) atoms. The van der Waals surface area contributed by atoms with E-state index in [0.717, 1.165) is 0 Å². The number of benzene rings is 1. The van der Waals surface area contributed by atoms with Gasteiger partial charge in [-0.3, -0.25) is 9.59 Å². The molecule has 0 radical (unpaired) electrons. The van der Waals surface area contributed by atoms with Crippen molar-refractivity contribution in [2.45, 2.75) is 6.92 Å². The van der Waals surface area contributed by atoms with Crippen molar-refractivity contribution in [2.75, 3.05) is 6.61 Å². The fourth-order valence-corrected chi connectivity index (χ4v) is 1.79. The van der Waals surface area contributed by atoms with Crippen LogP contribution in [0.2, 0.25) is 10.0 Å². The highest BCUT2D eigenvalue weighted by molar-refractivity contribution is 6.37. The predicted octanol–water partition coefficient (Wildman–Crippen LogP) is 2.88. The van der Waals surface area contributed by atoms with Gasteiger partial charge in [-0.1, -0.05) is 23.2 Å². The average Bonchev–Trinajstić information content (AvgIpc) is 2.29. The quantitative estimate of drug-likeness (QED) is 0.485. The summed E-state index contributed by atoms with van der Waals surface area (Å²) in [6, 6.07) is 5.81. The highest BCUT2D eigenvalue weighted by Crippen LogP contribution is 2.23. The molecule has 0 amide bonds. The van der Waals surface area contributed by atoms with Gasteiger partial charge in [-0.05, 0) is 25.1 Å². The van der Waals surface area contributed by atoms with E-state index >= 15 is 0 Å². The zero-order valence-electron chi connectivity index (χ0n) is 9.44. The lowest BCUT2D eigenvalue weighted by Crippen LogP contribution is -2.25. The minimum Gasteiger partial charge on any atom is -0.465 e. The Morgan fingerprint density at radius 1 is 1.44 bits per heavy atom. The van der Waals surface area contributed by atoms with Gasteiger partial charge in [0, 0.05) is 10.6 Å². The van der Waals surface area contributed by atoms with Crippen LogP contribution in [0.1, 0.15) is 17.3 Å². The van der Waals surface area contributed by atoms with Gasteiger partial charge in [0.2, 0.25) is 5.92 Å². The number of hydrogen-bond acceptors (Lipinski definition) is 4. The standard InChI is InChI=1S/C12H9Cl2NO3/c1-2-18-12(17)9(6-15)11(16)8-4-3-7(13)5-10(8)14/h3-5,9H,2H2,1H3/t9-/m1/s1. The van der Waals surface area contributed by atoms with Gasteiger partial charge < -0.3 is 4.74 Å². The minimum atomic E-state index is -1.51. The third kappa shape index (κ3) is 3.22. The molecule has 0 spiro atoms. The van der Waals surface area contributed by atoms with Gasteiger partial charge in [-0.25, -0.2) is 0 Å². The summed E-state index contributed by atoms with van der Waals surface area (Å²) in [6.45, 7) is 1.69. The lowest BCUT2D eigenvalue weighted by Gasteiger charge is -2.08. The number of hydrogen-bond donors (Lipinski definition) is 0. The number of ether oxygens (including phenoxy) is 1. The molecule has 0 heterocycles. The lowest BCUT2D eigenvalue weighted by molar-refractivity contribution is -0.144. The number of carbonyl (C=O) groups is 2.